The van der Waals surface area contributed by atoms with Crippen molar-refractivity contribution in [2.45, 2.75) is 52.0 Å². The summed E-state index contributed by atoms with van der Waals surface area (Å²) in [6.07, 6.45) is 3.86. The molecular weight excluding hydrogens is 260 g/mol. The predicted octanol–water partition coefficient (Wildman–Crippen LogP) is 3.13. The summed E-state index contributed by atoms with van der Waals surface area (Å²) in [6.45, 7) is 8.33. The fourth-order valence-corrected chi connectivity index (χ4v) is 3.63. The van der Waals surface area contributed by atoms with E-state index in [1.54, 1.807) is 6.92 Å². The second kappa shape index (κ2) is 6.01. The molecule has 1 saturated heterocycles. The van der Waals surface area contributed by atoms with Gasteiger partial charge in [0.15, 0.2) is 0 Å². The number of thiazole rings is 1. The Morgan fingerprint density at radius 2 is 2.32 bits per heavy atom. The van der Waals surface area contributed by atoms with Gasteiger partial charge in [0.2, 0.25) is 0 Å². The van der Waals surface area contributed by atoms with Crippen molar-refractivity contribution in [2.75, 3.05) is 13.1 Å². The minimum Gasteiger partial charge on any atom is -0.477 e. The molecule has 2 atom stereocenters. The van der Waals surface area contributed by atoms with Gasteiger partial charge in [0.1, 0.15) is 4.88 Å². The van der Waals surface area contributed by atoms with Crippen LogP contribution in [0.4, 0.5) is 0 Å². The number of aromatic carboxylic acids is 1. The van der Waals surface area contributed by atoms with Crippen molar-refractivity contribution in [3.05, 3.63) is 15.6 Å². The number of aromatic nitrogens is 1. The van der Waals surface area contributed by atoms with E-state index in [-0.39, 0.29) is 0 Å². The van der Waals surface area contributed by atoms with E-state index in [0.717, 1.165) is 18.1 Å². The van der Waals surface area contributed by atoms with Gasteiger partial charge in [-0.3, -0.25) is 4.90 Å². The minimum atomic E-state index is -0.861. The molecule has 0 aromatic carbocycles. The molecule has 0 spiro atoms. The van der Waals surface area contributed by atoms with E-state index < -0.39 is 5.97 Å². The minimum absolute atomic E-state index is 0.303. The summed E-state index contributed by atoms with van der Waals surface area (Å²) in [4.78, 5) is 18.4. The molecule has 1 N–H and O–H groups in total. The van der Waals surface area contributed by atoms with E-state index in [1.165, 1.54) is 30.6 Å². The quantitative estimate of drug-likeness (QED) is 0.922. The van der Waals surface area contributed by atoms with E-state index in [4.69, 9.17) is 5.11 Å². The van der Waals surface area contributed by atoms with Crippen molar-refractivity contribution in [2.24, 2.45) is 0 Å². The molecule has 0 aliphatic carbocycles. The van der Waals surface area contributed by atoms with Crippen LogP contribution in [-0.4, -0.2) is 40.1 Å². The average Bonchev–Trinajstić information content (AvgIpc) is 2.74. The van der Waals surface area contributed by atoms with Crippen LogP contribution in [0.15, 0.2) is 0 Å². The highest BCUT2D eigenvalue weighted by molar-refractivity contribution is 7.13. The molecule has 106 valence electrons. The summed E-state index contributed by atoms with van der Waals surface area (Å²) < 4.78 is 0. The smallest absolute Gasteiger partial charge is 0.347 e. The third-order valence-corrected chi connectivity index (χ3v) is 5.25. The van der Waals surface area contributed by atoms with Crippen LogP contribution in [-0.2, 0) is 0 Å². The molecule has 0 saturated carbocycles. The maximum Gasteiger partial charge on any atom is 0.347 e. The number of hydrogen-bond donors (Lipinski definition) is 1. The summed E-state index contributed by atoms with van der Waals surface area (Å²) >= 11 is 1.33. The molecule has 1 aliphatic heterocycles. The van der Waals surface area contributed by atoms with Crippen molar-refractivity contribution in [3.63, 3.8) is 0 Å². The third kappa shape index (κ3) is 3.34. The first-order chi connectivity index (χ1) is 8.99. The molecular formula is C14H22N2O2S. The number of nitrogens with zero attached hydrogens (tertiary/aromatic N) is 2. The van der Waals surface area contributed by atoms with Crippen LogP contribution in [0, 0.1) is 6.92 Å². The van der Waals surface area contributed by atoms with E-state index in [1.807, 2.05) is 0 Å². The first kappa shape index (κ1) is 14.5. The van der Waals surface area contributed by atoms with Crippen LogP contribution in [0.5, 0.6) is 0 Å². The SMILES string of the molecule is Cc1nc(C(C)CN2CCCCC2C)sc1C(=O)O. The number of aryl methyl sites for hydroxylation is 1. The summed E-state index contributed by atoms with van der Waals surface area (Å²) in [7, 11) is 0. The van der Waals surface area contributed by atoms with Gasteiger partial charge in [0.25, 0.3) is 0 Å². The lowest BCUT2D eigenvalue weighted by Gasteiger charge is -2.34. The summed E-state index contributed by atoms with van der Waals surface area (Å²) in [6, 6.07) is 0.635. The van der Waals surface area contributed by atoms with Gasteiger partial charge < -0.3 is 5.11 Å². The molecule has 4 nitrogen and oxygen atoms in total. The number of carboxylic acids is 1. The fourth-order valence-electron chi connectivity index (χ4n) is 2.69. The second-order valence-corrected chi connectivity index (χ2v) is 6.54. The lowest BCUT2D eigenvalue weighted by Crippen LogP contribution is -2.39. The molecule has 1 aliphatic rings. The summed E-state index contributed by atoms with van der Waals surface area (Å²) in [5.41, 5.74) is 0.644. The molecule has 2 unspecified atom stereocenters. The van der Waals surface area contributed by atoms with Crippen LogP contribution in [0.2, 0.25) is 0 Å². The zero-order valence-corrected chi connectivity index (χ0v) is 12.7. The Morgan fingerprint density at radius 1 is 1.58 bits per heavy atom. The van der Waals surface area contributed by atoms with Gasteiger partial charge in [-0.05, 0) is 33.2 Å². The van der Waals surface area contributed by atoms with Crippen LogP contribution in [0.3, 0.4) is 0 Å². The summed E-state index contributed by atoms with van der Waals surface area (Å²) in [5, 5.41) is 10.0. The van der Waals surface area contributed by atoms with Gasteiger partial charge in [-0.15, -0.1) is 11.3 Å². The molecule has 0 radical (unpaired) electrons. The summed E-state index contributed by atoms with van der Waals surface area (Å²) in [5.74, 6) is -0.558. The maximum absolute atomic E-state index is 11.1. The number of piperidine rings is 1. The highest BCUT2D eigenvalue weighted by Gasteiger charge is 2.23. The lowest BCUT2D eigenvalue weighted by molar-refractivity contribution is 0.0701. The van der Waals surface area contributed by atoms with Gasteiger partial charge in [-0.1, -0.05) is 13.3 Å². The molecule has 2 rings (SSSR count). The standard InChI is InChI=1S/C14H22N2O2S/c1-9(8-16-7-5-4-6-10(16)2)13-15-11(3)12(19-13)14(17)18/h9-10H,4-8H2,1-3H3,(H,17,18). The van der Waals surface area contributed by atoms with Crippen molar-refractivity contribution in [1.29, 1.82) is 0 Å². The van der Waals surface area contributed by atoms with Gasteiger partial charge in [-0.25, -0.2) is 9.78 Å². The average molecular weight is 282 g/mol. The Hall–Kier alpha value is -0.940. The number of likely N-dealkylation sites (tertiary alicyclic amines) is 1. The zero-order valence-electron chi connectivity index (χ0n) is 11.8. The van der Waals surface area contributed by atoms with Gasteiger partial charge >= 0.3 is 5.97 Å². The largest absolute Gasteiger partial charge is 0.477 e. The van der Waals surface area contributed by atoms with Crippen molar-refractivity contribution < 1.29 is 9.90 Å². The number of hydrogen-bond acceptors (Lipinski definition) is 4. The monoisotopic (exact) mass is 282 g/mol. The van der Waals surface area contributed by atoms with E-state index in [2.05, 4.69) is 23.7 Å². The van der Waals surface area contributed by atoms with E-state index in [9.17, 15) is 4.79 Å². The van der Waals surface area contributed by atoms with Crippen molar-refractivity contribution in [1.82, 2.24) is 9.88 Å². The van der Waals surface area contributed by atoms with E-state index in [0.29, 0.717) is 22.5 Å². The van der Waals surface area contributed by atoms with Crippen LogP contribution in [0.1, 0.15) is 59.4 Å². The first-order valence-corrected chi connectivity index (χ1v) is 7.75. The second-order valence-electron chi connectivity index (χ2n) is 5.51. The molecule has 0 bridgehead atoms. The Labute approximate surface area is 118 Å². The molecule has 2 heterocycles. The maximum atomic E-state index is 11.1. The topological polar surface area (TPSA) is 53.4 Å². The first-order valence-electron chi connectivity index (χ1n) is 6.93. The molecule has 1 fully saturated rings. The number of carboxylic acid groups (broad SMARTS) is 1. The Kier molecular flexibility index (Phi) is 4.58. The Bertz CT molecular complexity index is 458. The van der Waals surface area contributed by atoms with Gasteiger partial charge in [-0.2, -0.15) is 0 Å². The van der Waals surface area contributed by atoms with Gasteiger partial charge in [0, 0.05) is 18.5 Å². The fraction of sp³-hybridized carbons (Fsp3) is 0.714. The molecule has 0 amide bonds. The Balaban J connectivity index is 2.05. The van der Waals surface area contributed by atoms with E-state index >= 15 is 0 Å². The molecule has 19 heavy (non-hydrogen) atoms. The van der Waals surface area contributed by atoms with Gasteiger partial charge in [0.05, 0.1) is 10.7 Å². The predicted molar refractivity (Wildman–Crippen MR) is 77.1 cm³/mol. The number of carbonyl (C=O) groups is 1. The highest BCUT2D eigenvalue weighted by Crippen LogP contribution is 2.27. The molecule has 1 aromatic heterocycles. The highest BCUT2D eigenvalue weighted by atomic mass is 32.1. The zero-order chi connectivity index (χ0) is 14.0. The third-order valence-electron chi connectivity index (χ3n) is 3.88. The molecule has 1 aromatic rings. The lowest BCUT2D eigenvalue weighted by atomic mass is 10.0. The number of rotatable bonds is 4. The normalized spacial score (nSPS) is 22.4. The van der Waals surface area contributed by atoms with Crippen LogP contribution >= 0.6 is 11.3 Å². The Morgan fingerprint density at radius 3 is 2.89 bits per heavy atom. The van der Waals surface area contributed by atoms with Crippen molar-refractivity contribution >= 4 is 17.3 Å². The molecule has 5 heteroatoms. The van der Waals surface area contributed by atoms with Crippen LogP contribution in [0.25, 0.3) is 0 Å². The van der Waals surface area contributed by atoms with Crippen molar-refractivity contribution in [3.8, 4) is 0 Å². The van der Waals surface area contributed by atoms with Crippen LogP contribution < -0.4 is 0 Å².